The topological polar surface area (TPSA) is 32.3 Å². The maximum Gasteiger partial charge on any atom is 0.244 e. The summed E-state index contributed by atoms with van der Waals surface area (Å²) in [4.78, 5) is 14.5. The van der Waals surface area contributed by atoms with Crippen molar-refractivity contribution in [1.29, 1.82) is 0 Å². The highest BCUT2D eigenvalue weighted by atomic mass is 16.2. The van der Waals surface area contributed by atoms with Gasteiger partial charge in [0, 0.05) is 12.2 Å². The Morgan fingerprint density at radius 2 is 2.28 bits per heavy atom. The first kappa shape index (κ1) is 11.7. The van der Waals surface area contributed by atoms with Crippen LogP contribution in [0.4, 0.5) is 5.69 Å². The van der Waals surface area contributed by atoms with Crippen LogP contribution >= 0.6 is 0 Å². The number of aryl methyl sites for hydroxylation is 2. The normalized spacial score (nSPS) is 22.9. The SMILES string of the molecule is Cc1ccc2c(c1)CCCN2C(=O)[C@@H]1CCCN1. The second-order valence-electron chi connectivity index (χ2n) is 5.37. The number of rotatable bonds is 1. The van der Waals surface area contributed by atoms with Gasteiger partial charge in [-0.15, -0.1) is 0 Å². The molecule has 2 aliphatic rings. The molecule has 1 aromatic rings. The summed E-state index contributed by atoms with van der Waals surface area (Å²) >= 11 is 0. The number of hydrogen-bond donors (Lipinski definition) is 1. The largest absolute Gasteiger partial charge is 0.311 e. The van der Waals surface area contributed by atoms with Gasteiger partial charge in [0.1, 0.15) is 0 Å². The van der Waals surface area contributed by atoms with Gasteiger partial charge in [-0.1, -0.05) is 17.7 Å². The van der Waals surface area contributed by atoms with Crippen molar-refractivity contribution in [2.24, 2.45) is 0 Å². The first-order valence-electron chi connectivity index (χ1n) is 6.90. The van der Waals surface area contributed by atoms with E-state index in [1.807, 2.05) is 4.90 Å². The molecule has 0 aliphatic carbocycles. The summed E-state index contributed by atoms with van der Waals surface area (Å²) in [5.74, 6) is 0.261. The van der Waals surface area contributed by atoms with E-state index in [4.69, 9.17) is 0 Å². The zero-order valence-electron chi connectivity index (χ0n) is 10.9. The highest BCUT2D eigenvalue weighted by molar-refractivity contribution is 5.98. The maximum absolute atomic E-state index is 12.5. The van der Waals surface area contributed by atoms with E-state index in [1.165, 1.54) is 11.1 Å². The molecule has 2 heterocycles. The zero-order chi connectivity index (χ0) is 12.5. The fraction of sp³-hybridized carbons (Fsp3) is 0.533. The lowest BCUT2D eigenvalue weighted by molar-refractivity contribution is -0.120. The van der Waals surface area contributed by atoms with Gasteiger partial charge in [-0.05, 0) is 50.8 Å². The molecule has 18 heavy (non-hydrogen) atoms. The molecule has 1 aromatic carbocycles. The van der Waals surface area contributed by atoms with Crippen LogP contribution in [0.25, 0.3) is 0 Å². The van der Waals surface area contributed by atoms with Crippen LogP contribution in [-0.4, -0.2) is 25.0 Å². The van der Waals surface area contributed by atoms with E-state index >= 15 is 0 Å². The van der Waals surface area contributed by atoms with Gasteiger partial charge < -0.3 is 10.2 Å². The number of fused-ring (bicyclic) bond motifs is 1. The van der Waals surface area contributed by atoms with Crippen molar-refractivity contribution in [3.8, 4) is 0 Å². The van der Waals surface area contributed by atoms with Gasteiger partial charge in [-0.2, -0.15) is 0 Å². The molecular formula is C15H20N2O. The molecular weight excluding hydrogens is 224 g/mol. The van der Waals surface area contributed by atoms with Crippen molar-refractivity contribution >= 4 is 11.6 Å². The third kappa shape index (κ3) is 2.03. The fourth-order valence-electron chi connectivity index (χ4n) is 3.04. The molecule has 0 unspecified atom stereocenters. The summed E-state index contributed by atoms with van der Waals surface area (Å²) in [6.45, 7) is 3.96. The molecule has 2 aliphatic heterocycles. The Balaban J connectivity index is 1.88. The number of anilines is 1. The van der Waals surface area contributed by atoms with Gasteiger partial charge in [0.15, 0.2) is 0 Å². The molecule has 96 valence electrons. The number of nitrogens with one attached hydrogen (secondary N) is 1. The average Bonchev–Trinajstić information content (AvgIpc) is 2.90. The Morgan fingerprint density at radius 3 is 3.06 bits per heavy atom. The Morgan fingerprint density at radius 1 is 1.39 bits per heavy atom. The number of benzene rings is 1. The van der Waals surface area contributed by atoms with Crippen LogP contribution in [0.2, 0.25) is 0 Å². The Hall–Kier alpha value is -1.35. The summed E-state index contributed by atoms with van der Waals surface area (Å²) in [7, 11) is 0. The number of amides is 1. The van der Waals surface area contributed by atoms with Crippen LogP contribution in [0.1, 0.15) is 30.4 Å². The molecule has 1 atom stereocenters. The summed E-state index contributed by atoms with van der Waals surface area (Å²) in [5, 5.41) is 3.30. The number of nitrogens with zero attached hydrogens (tertiary/aromatic N) is 1. The van der Waals surface area contributed by atoms with Crippen molar-refractivity contribution in [2.45, 2.75) is 38.6 Å². The van der Waals surface area contributed by atoms with Crippen LogP contribution in [0.5, 0.6) is 0 Å². The molecule has 0 aromatic heterocycles. The molecule has 1 fully saturated rings. The minimum Gasteiger partial charge on any atom is -0.311 e. The summed E-state index contributed by atoms with van der Waals surface area (Å²) in [6.07, 6.45) is 4.27. The predicted octanol–water partition coefficient (Wildman–Crippen LogP) is 2.03. The highest BCUT2D eigenvalue weighted by Crippen LogP contribution is 2.29. The summed E-state index contributed by atoms with van der Waals surface area (Å²) < 4.78 is 0. The Bertz CT molecular complexity index is 464. The van der Waals surface area contributed by atoms with Crippen molar-refractivity contribution in [3.63, 3.8) is 0 Å². The summed E-state index contributed by atoms with van der Waals surface area (Å²) in [6, 6.07) is 6.47. The van der Waals surface area contributed by atoms with Crippen LogP contribution in [0, 0.1) is 6.92 Å². The van der Waals surface area contributed by atoms with Crippen LogP contribution in [-0.2, 0) is 11.2 Å². The molecule has 0 spiro atoms. The molecule has 1 N–H and O–H groups in total. The van der Waals surface area contributed by atoms with Crippen molar-refractivity contribution < 1.29 is 4.79 Å². The monoisotopic (exact) mass is 244 g/mol. The molecule has 3 rings (SSSR count). The molecule has 1 amide bonds. The second-order valence-corrected chi connectivity index (χ2v) is 5.37. The van der Waals surface area contributed by atoms with Gasteiger partial charge in [-0.3, -0.25) is 4.79 Å². The molecule has 0 saturated carbocycles. The molecule has 0 radical (unpaired) electrons. The van der Waals surface area contributed by atoms with E-state index in [0.29, 0.717) is 0 Å². The molecule has 3 heteroatoms. The lowest BCUT2D eigenvalue weighted by Crippen LogP contribution is -2.45. The third-order valence-electron chi connectivity index (χ3n) is 3.98. The highest BCUT2D eigenvalue weighted by Gasteiger charge is 2.30. The Labute approximate surface area is 108 Å². The minimum absolute atomic E-state index is 0.0391. The number of carbonyl (C=O) groups is 1. The van der Waals surface area contributed by atoms with Gasteiger partial charge in [0.25, 0.3) is 0 Å². The lowest BCUT2D eigenvalue weighted by atomic mass is 9.98. The van der Waals surface area contributed by atoms with Gasteiger partial charge in [-0.25, -0.2) is 0 Å². The Kier molecular flexibility index (Phi) is 3.08. The van der Waals surface area contributed by atoms with Gasteiger partial charge >= 0.3 is 0 Å². The van der Waals surface area contributed by atoms with Crippen molar-refractivity contribution in [3.05, 3.63) is 29.3 Å². The van der Waals surface area contributed by atoms with E-state index in [-0.39, 0.29) is 11.9 Å². The van der Waals surface area contributed by atoms with Crippen molar-refractivity contribution in [1.82, 2.24) is 5.32 Å². The smallest absolute Gasteiger partial charge is 0.244 e. The molecule has 3 nitrogen and oxygen atoms in total. The average molecular weight is 244 g/mol. The van der Waals surface area contributed by atoms with Crippen molar-refractivity contribution in [2.75, 3.05) is 18.0 Å². The van der Waals surface area contributed by atoms with Crippen LogP contribution in [0.15, 0.2) is 18.2 Å². The molecule has 0 bridgehead atoms. The zero-order valence-corrected chi connectivity index (χ0v) is 10.9. The standard InChI is InChI=1S/C15H20N2O/c1-11-6-7-14-12(10-11)4-3-9-17(14)15(18)13-5-2-8-16-13/h6-7,10,13,16H,2-5,8-9H2,1H3/t13-/m0/s1. The second kappa shape index (κ2) is 4.73. The lowest BCUT2D eigenvalue weighted by Gasteiger charge is -2.31. The van der Waals surface area contributed by atoms with Gasteiger partial charge in [0.2, 0.25) is 5.91 Å². The van der Waals surface area contributed by atoms with E-state index < -0.39 is 0 Å². The van der Waals surface area contributed by atoms with Crippen LogP contribution < -0.4 is 10.2 Å². The molecule has 1 saturated heterocycles. The first-order valence-corrected chi connectivity index (χ1v) is 6.90. The minimum atomic E-state index is 0.0391. The number of hydrogen-bond acceptors (Lipinski definition) is 2. The predicted molar refractivity (Wildman–Crippen MR) is 72.9 cm³/mol. The first-order chi connectivity index (χ1) is 8.75. The van der Waals surface area contributed by atoms with E-state index in [2.05, 4.69) is 30.4 Å². The van der Waals surface area contributed by atoms with Gasteiger partial charge in [0.05, 0.1) is 6.04 Å². The van der Waals surface area contributed by atoms with E-state index in [0.717, 1.165) is 44.5 Å². The fourth-order valence-corrected chi connectivity index (χ4v) is 3.04. The third-order valence-corrected chi connectivity index (χ3v) is 3.98. The number of carbonyl (C=O) groups excluding carboxylic acids is 1. The van der Waals surface area contributed by atoms with E-state index in [9.17, 15) is 4.79 Å². The summed E-state index contributed by atoms with van der Waals surface area (Å²) in [5.41, 5.74) is 3.74. The van der Waals surface area contributed by atoms with Crippen LogP contribution in [0.3, 0.4) is 0 Å². The maximum atomic E-state index is 12.5. The quantitative estimate of drug-likeness (QED) is 0.819. The van der Waals surface area contributed by atoms with E-state index in [1.54, 1.807) is 0 Å².